The SMILES string of the molecule is c1ccc(-c2cccc(COCc3cccc(-c4ccccc4)c3)c2)cc1. The van der Waals surface area contributed by atoms with Crippen LogP contribution in [0.1, 0.15) is 11.1 Å². The van der Waals surface area contributed by atoms with E-state index in [9.17, 15) is 0 Å². The highest BCUT2D eigenvalue weighted by Gasteiger charge is 2.02. The summed E-state index contributed by atoms with van der Waals surface area (Å²) in [5.41, 5.74) is 7.29. The molecule has 0 amide bonds. The van der Waals surface area contributed by atoms with Gasteiger partial charge in [-0.15, -0.1) is 0 Å². The molecule has 4 rings (SSSR count). The zero-order valence-corrected chi connectivity index (χ0v) is 15.2. The lowest BCUT2D eigenvalue weighted by atomic mass is 10.0. The van der Waals surface area contributed by atoms with Crippen molar-refractivity contribution < 1.29 is 4.74 Å². The van der Waals surface area contributed by atoms with E-state index < -0.39 is 0 Å². The van der Waals surface area contributed by atoms with Crippen molar-refractivity contribution in [2.75, 3.05) is 0 Å². The van der Waals surface area contributed by atoms with Crippen LogP contribution in [0.5, 0.6) is 0 Å². The van der Waals surface area contributed by atoms with Gasteiger partial charge in [-0.2, -0.15) is 0 Å². The van der Waals surface area contributed by atoms with Gasteiger partial charge in [0.05, 0.1) is 13.2 Å². The topological polar surface area (TPSA) is 9.23 Å². The Bertz CT molecular complexity index is 908. The summed E-state index contributed by atoms with van der Waals surface area (Å²) in [6, 6.07) is 38.0. The maximum Gasteiger partial charge on any atom is 0.0721 e. The van der Waals surface area contributed by atoms with Crippen molar-refractivity contribution in [3.63, 3.8) is 0 Å². The minimum atomic E-state index is 0.607. The summed E-state index contributed by atoms with van der Waals surface area (Å²) in [6.45, 7) is 1.21. The fourth-order valence-corrected chi connectivity index (χ4v) is 3.23. The van der Waals surface area contributed by atoms with E-state index in [0.717, 1.165) is 0 Å². The second-order valence-corrected chi connectivity index (χ2v) is 6.63. The second-order valence-electron chi connectivity index (χ2n) is 6.63. The molecule has 0 atom stereocenters. The first kappa shape index (κ1) is 17.3. The average Bonchev–Trinajstić information content (AvgIpc) is 2.75. The van der Waals surface area contributed by atoms with Gasteiger partial charge in [0, 0.05) is 0 Å². The summed E-state index contributed by atoms with van der Waals surface area (Å²) in [5, 5.41) is 0. The minimum Gasteiger partial charge on any atom is -0.372 e. The Morgan fingerprint density at radius 1 is 0.407 bits per heavy atom. The highest BCUT2D eigenvalue weighted by Crippen LogP contribution is 2.22. The molecule has 0 aliphatic carbocycles. The molecule has 4 aromatic carbocycles. The van der Waals surface area contributed by atoms with E-state index in [2.05, 4.69) is 97.1 Å². The van der Waals surface area contributed by atoms with Gasteiger partial charge in [-0.05, 0) is 45.5 Å². The zero-order chi connectivity index (χ0) is 18.3. The molecule has 1 heteroatoms. The molecular formula is C26H22O. The minimum absolute atomic E-state index is 0.607. The summed E-state index contributed by atoms with van der Waals surface area (Å²) >= 11 is 0. The van der Waals surface area contributed by atoms with E-state index >= 15 is 0 Å². The van der Waals surface area contributed by atoms with Crippen molar-refractivity contribution in [1.82, 2.24) is 0 Å². The van der Waals surface area contributed by atoms with Crippen LogP contribution in [0, 0.1) is 0 Å². The summed E-state index contributed by atoms with van der Waals surface area (Å²) in [5.74, 6) is 0. The molecule has 0 bridgehead atoms. The Morgan fingerprint density at radius 2 is 0.815 bits per heavy atom. The highest BCUT2D eigenvalue weighted by molar-refractivity contribution is 5.64. The Morgan fingerprint density at radius 3 is 1.26 bits per heavy atom. The van der Waals surface area contributed by atoms with Gasteiger partial charge in [-0.3, -0.25) is 0 Å². The molecule has 0 unspecified atom stereocenters. The number of rotatable bonds is 6. The molecule has 1 nitrogen and oxygen atoms in total. The maximum absolute atomic E-state index is 5.99. The fourth-order valence-electron chi connectivity index (χ4n) is 3.23. The Kier molecular flexibility index (Phi) is 5.42. The van der Waals surface area contributed by atoms with Crippen molar-refractivity contribution in [2.45, 2.75) is 13.2 Å². The third-order valence-corrected chi connectivity index (χ3v) is 4.61. The van der Waals surface area contributed by atoms with E-state index in [-0.39, 0.29) is 0 Å². The van der Waals surface area contributed by atoms with Crippen LogP contribution in [-0.2, 0) is 18.0 Å². The van der Waals surface area contributed by atoms with Gasteiger partial charge in [0.1, 0.15) is 0 Å². The van der Waals surface area contributed by atoms with E-state index in [1.165, 1.54) is 33.4 Å². The van der Waals surface area contributed by atoms with Crippen molar-refractivity contribution >= 4 is 0 Å². The Labute approximate surface area is 160 Å². The highest BCUT2D eigenvalue weighted by atomic mass is 16.5. The average molecular weight is 350 g/mol. The molecule has 0 N–H and O–H groups in total. The monoisotopic (exact) mass is 350 g/mol. The third-order valence-electron chi connectivity index (χ3n) is 4.61. The number of ether oxygens (including phenoxy) is 1. The van der Waals surface area contributed by atoms with Gasteiger partial charge < -0.3 is 4.74 Å². The first-order valence-electron chi connectivity index (χ1n) is 9.25. The standard InChI is InChI=1S/C26H22O/c1-3-11-23(12-4-1)25-15-7-9-21(17-25)19-27-20-22-10-8-16-26(18-22)24-13-5-2-6-14-24/h1-18H,19-20H2. The fraction of sp³-hybridized carbons (Fsp3) is 0.0769. The molecule has 0 saturated heterocycles. The van der Waals surface area contributed by atoms with Crippen LogP contribution in [0.3, 0.4) is 0 Å². The van der Waals surface area contributed by atoms with E-state index in [1.807, 2.05) is 12.1 Å². The van der Waals surface area contributed by atoms with Crippen LogP contribution in [0.4, 0.5) is 0 Å². The molecule has 0 saturated carbocycles. The zero-order valence-electron chi connectivity index (χ0n) is 15.2. The molecule has 0 aromatic heterocycles. The largest absolute Gasteiger partial charge is 0.372 e. The maximum atomic E-state index is 5.99. The lowest BCUT2D eigenvalue weighted by Gasteiger charge is -2.09. The Hall–Kier alpha value is -3.16. The van der Waals surface area contributed by atoms with E-state index in [0.29, 0.717) is 13.2 Å². The molecular weight excluding hydrogens is 328 g/mol. The molecule has 0 radical (unpaired) electrons. The van der Waals surface area contributed by atoms with Gasteiger partial charge in [-0.25, -0.2) is 0 Å². The number of hydrogen-bond acceptors (Lipinski definition) is 1. The first-order chi connectivity index (χ1) is 13.4. The second kappa shape index (κ2) is 8.48. The van der Waals surface area contributed by atoms with Gasteiger partial charge in [0.25, 0.3) is 0 Å². The van der Waals surface area contributed by atoms with Crippen molar-refractivity contribution in [2.24, 2.45) is 0 Å². The van der Waals surface area contributed by atoms with Crippen LogP contribution in [0.15, 0.2) is 109 Å². The Balaban J connectivity index is 1.41. The summed E-state index contributed by atoms with van der Waals surface area (Å²) in [6.07, 6.45) is 0. The van der Waals surface area contributed by atoms with Crippen LogP contribution in [-0.4, -0.2) is 0 Å². The molecule has 0 fully saturated rings. The van der Waals surface area contributed by atoms with Crippen LogP contribution >= 0.6 is 0 Å². The molecule has 0 aliphatic rings. The van der Waals surface area contributed by atoms with Crippen LogP contribution in [0.25, 0.3) is 22.3 Å². The molecule has 0 spiro atoms. The van der Waals surface area contributed by atoms with Crippen molar-refractivity contribution in [3.8, 4) is 22.3 Å². The third kappa shape index (κ3) is 4.52. The molecule has 0 aliphatic heterocycles. The number of benzene rings is 4. The van der Waals surface area contributed by atoms with Crippen molar-refractivity contribution in [1.29, 1.82) is 0 Å². The predicted octanol–water partition coefficient (Wildman–Crippen LogP) is 6.74. The molecule has 132 valence electrons. The van der Waals surface area contributed by atoms with Gasteiger partial charge in [0.15, 0.2) is 0 Å². The normalized spacial score (nSPS) is 10.7. The smallest absolute Gasteiger partial charge is 0.0721 e. The quantitative estimate of drug-likeness (QED) is 0.374. The molecule has 4 aromatic rings. The van der Waals surface area contributed by atoms with Gasteiger partial charge >= 0.3 is 0 Å². The summed E-state index contributed by atoms with van der Waals surface area (Å²) < 4.78 is 5.99. The van der Waals surface area contributed by atoms with Gasteiger partial charge in [-0.1, -0.05) is 97.1 Å². The number of hydrogen-bond donors (Lipinski definition) is 0. The summed E-state index contributed by atoms with van der Waals surface area (Å²) in [7, 11) is 0. The van der Waals surface area contributed by atoms with E-state index in [1.54, 1.807) is 0 Å². The molecule has 0 heterocycles. The lowest BCUT2D eigenvalue weighted by molar-refractivity contribution is 0.107. The summed E-state index contributed by atoms with van der Waals surface area (Å²) in [4.78, 5) is 0. The van der Waals surface area contributed by atoms with Gasteiger partial charge in [0.2, 0.25) is 0 Å². The molecule has 27 heavy (non-hydrogen) atoms. The van der Waals surface area contributed by atoms with Crippen LogP contribution in [0.2, 0.25) is 0 Å². The first-order valence-corrected chi connectivity index (χ1v) is 9.25. The van der Waals surface area contributed by atoms with E-state index in [4.69, 9.17) is 4.74 Å². The lowest BCUT2D eigenvalue weighted by Crippen LogP contribution is -1.95. The van der Waals surface area contributed by atoms with Crippen LogP contribution < -0.4 is 0 Å². The van der Waals surface area contributed by atoms with Crippen molar-refractivity contribution in [3.05, 3.63) is 120 Å². The predicted molar refractivity (Wildman–Crippen MR) is 112 cm³/mol.